The van der Waals surface area contributed by atoms with Gasteiger partial charge in [0.25, 0.3) is 0 Å². The molecule has 0 unspecified atom stereocenters. The molecule has 0 bridgehead atoms. The van der Waals surface area contributed by atoms with E-state index < -0.39 is 18.2 Å². The number of fused-ring (bicyclic) bond motifs is 1. The standard InChI is InChI=1S/C30H33N5O4/c1-3-5-6-10-18-32-21-27-34(26(29(32)38)19-23-13-15-25(36)16-14-23)28(37)22-33(17-4-2)35(27)30(39)31-20-24-11-8-7-9-12-24/h1-2,7-9,11-16,26-27,36H,5-6,10,17-22H2,(H,31,39)/t26-,27-/m0/s1. The normalized spacial score (nSPS) is 19.3. The van der Waals surface area contributed by atoms with Crippen molar-refractivity contribution in [2.45, 2.75) is 44.4 Å². The average Bonchev–Trinajstić information content (AvgIpc) is 2.93. The molecule has 2 aliphatic rings. The SMILES string of the molecule is C#CCCCCN1C[C@H]2N(C(=O)CN(CC#C)N2C(=O)NCc2ccccc2)[C@@H](Cc2ccc(O)cc2)C1=O. The lowest BCUT2D eigenvalue weighted by Crippen LogP contribution is -2.76. The van der Waals surface area contributed by atoms with Crippen LogP contribution >= 0.6 is 0 Å². The van der Waals surface area contributed by atoms with Gasteiger partial charge in [0.2, 0.25) is 11.8 Å². The second-order valence-electron chi connectivity index (χ2n) is 9.63. The Hall–Kier alpha value is -4.47. The Morgan fingerprint density at radius 2 is 1.74 bits per heavy atom. The summed E-state index contributed by atoms with van der Waals surface area (Å²) in [6.45, 7) is 0.854. The molecule has 9 nitrogen and oxygen atoms in total. The van der Waals surface area contributed by atoms with Crippen LogP contribution in [0.2, 0.25) is 0 Å². The minimum absolute atomic E-state index is 0.0631. The number of amides is 4. The Morgan fingerprint density at radius 3 is 2.44 bits per heavy atom. The highest BCUT2D eigenvalue weighted by atomic mass is 16.3. The Kier molecular flexibility index (Phi) is 9.09. The first-order valence-corrected chi connectivity index (χ1v) is 13.0. The molecule has 202 valence electrons. The van der Waals surface area contributed by atoms with Crippen LogP contribution < -0.4 is 5.32 Å². The number of nitrogens with zero attached hydrogens (tertiary/aromatic N) is 4. The third-order valence-electron chi connectivity index (χ3n) is 6.96. The number of hydrogen-bond acceptors (Lipinski definition) is 5. The molecule has 9 heteroatoms. The number of terminal acetylenes is 2. The average molecular weight is 528 g/mol. The molecule has 4 rings (SSSR count). The van der Waals surface area contributed by atoms with E-state index in [0.717, 1.165) is 17.5 Å². The highest BCUT2D eigenvalue weighted by molar-refractivity contribution is 5.91. The number of benzene rings is 2. The minimum Gasteiger partial charge on any atom is -0.508 e. The van der Waals surface area contributed by atoms with E-state index in [1.165, 1.54) is 9.91 Å². The van der Waals surface area contributed by atoms with Crippen molar-refractivity contribution in [3.8, 4) is 30.4 Å². The number of unbranched alkanes of at least 4 members (excludes halogenated alkanes) is 2. The first kappa shape index (κ1) is 27.6. The molecule has 2 saturated heterocycles. The van der Waals surface area contributed by atoms with E-state index in [2.05, 4.69) is 17.2 Å². The van der Waals surface area contributed by atoms with Gasteiger partial charge in [0, 0.05) is 25.9 Å². The molecule has 4 amide bonds. The molecule has 2 aliphatic heterocycles. The summed E-state index contributed by atoms with van der Waals surface area (Å²) in [5, 5.41) is 15.7. The van der Waals surface area contributed by atoms with Gasteiger partial charge in [0.15, 0.2) is 0 Å². The number of piperazine rings is 1. The van der Waals surface area contributed by atoms with Crippen LogP contribution in [-0.4, -0.2) is 81.2 Å². The summed E-state index contributed by atoms with van der Waals surface area (Å²) in [5.74, 6) is 4.83. The van der Waals surface area contributed by atoms with Gasteiger partial charge in [-0.3, -0.25) is 9.59 Å². The van der Waals surface area contributed by atoms with Crippen LogP contribution in [0.4, 0.5) is 4.79 Å². The zero-order valence-corrected chi connectivity index (χ0v) is 21.8. The van der Waals surface area contributed by atoms with Gasteiger partial charge in [-0.1, -0.05) is 48.4 Å². The van der Waals surface area contributed by atoms with E-state index in [9.17, 15) is 19.5 Å². The second kappa shape index (κ2) is 12.9. The Labute approximate surface area is 229 Å². The maximum atomic E-state index is 13.7. The van der Waals surface area contributed by atoms with Gasteiger partial charge in [0.05, 0.1) is 19.6 Å². The Morgan fingerprint density at radius 1 is 1.00 bits per heavy atom. The molecule has 2 atom stereocenters. The molecular weight excluding hydrogens is 494 g/mol. The van der Waals surface area contributed by atoms with Crippen LogP contribution in [-0.2, 0) is 22.6 Å². The molecule has 2 heterocycles. The molecule has 39 heavy (non-hydrogen) atoms. The van der Waals surface area contributed by atoms with Crippen molar-refractivity contribution in [2.75, 3.05) is 26.2 Å². The molecule has 0 aliphatic carbocycles. The maximum absolute atomic E-state index is 13.7. The van der Waals surface area contributed by atoms with Crippen molar-refractivity contribution in [3.05, 3.63) is 65.7 Å². The fourth-order valence-corrected chi connectivity index (χ4v) is 5.08. The number of hydrogen-bond donors (Lipinski definition) is 2. The van der Waals surface area contributed by atoms with E-state index in [4.69, 9.17) is 12.8 Å². The van der Waals surface area contributed by atoms with E-state index in [-0.39, 0.29) is 43.6 Å². The van der Waals surface area contributed by atoms with Crippen molar-refractivity contribution in [3.63, 3.8) is 0 Å². The Balaban J connectivity index is 1.64. The number of phenolic OH excluding ortho intramolecular Hbond substituents is 1. The predicted octanol–water partition coefficient (Wildman–Crippen LogP) is 2.18. The van der Waals surface area contributed by atoms with E-state index >= 15 is 0 Å². The fourth-order valence-electron chi connectivity index (χ4n) is 5.08. The van der Waals surface area contributed by atoms with Crippen LogP contribution in [0.3, 0.4) is 0 Å². The number of carbonyl (C=O) groups is 3. The van der Waals surface area contributed by atoms with Gasteiger partial charge in [0.1, 0.15) is 18.0 Å². The quantitative estimate of drug-likeness (QED) is 0.385. The molecule has 2 aromatic rings. The summed E-state index contributed by atoms with van der Waals surface area (Å²) >= 11 is 0. The largest absolute Gasteiger partial charge is 0.508 e. The lowest BCUT2D eigenvalue weighted by atomic mass is 9.98. The summed E-state index contributed by atoms with van der Waals surface area (Å²) in [6, 6.07) is 14.9. The summed E-state index contributed by atoms with van der Waals surface area (Å²) in [5.41, 5.74) is 1.72. The lowest BCUT2D eigenvalue weighted by Gasteiger charge is -2.55. The van der Waals surface area contributed by atoms with Gasteiger partial charge in [-0.05, 0) is 36.1 Å². The van der Waals surface area contributed by atoms with Gasteiger partial charge >= 0.3 is 6.03 Å². The van der Waals surface area contributed by atoms with Crippen molar-refractivity contribution in [1.29, 1.82) is 0 Å². The van der Waals surface area contributed by atoms with Crippen LogP contribution in [0.15, 0.2) is 54.6 Å². The number of phenols is 1. The monoisotopic (exact) mass is 527 g/mol. The Bertz CT molecular complexity index is 1250. The summed E-state index contributed by atoms with van der Waals surface area (Å²) in [7, 11) is 0. The minimum atomic E-state index is -0.814. The summed E-state index contributed by atoms with van der Waals surface area (Å²) < 4.78 is 0. The predicted molar refractivity (Wildman–Crippen MR) is 146 cm³/mol. The number of hydrazine groups is 1. The summed E-state index contributed by atoms with van der Waals surface area (Å²) in [4.78, 5) is 44.1. The fraction of sp³-hybridized carbons (Fsp3) is 0.367. The topological polar surface area (TPSA) is 96.4 Å². The third kappa shape index (κ3) is 6.51. The third-order valence-corrected chi connectivity index (χ3v) is 6.96. The van der Waals surface area contributed by atoms with Crippen molar-refractivity contribution >= 4 is 17.8 Å². The van der Waals surface area contributed by atoms with Crippen LogP contribution in [0.1, 0.15) is 30.4 Å². The number of aromatic hydroxyl groups is 1. The van der Waals surface area contributed by atoms with Crippen LogP contribution in [0.5, 0.6) is 5.75 Å². The highest BCUT2D eigenvalue weighted by Gasteiger charge is 2.51. The van der Waals surface area contributed by atoms with Gasteiger partial charge in [-0.15, -0.1) is 18.8 Å². The van der Waals surface area contributed by atoms with Crippen molar-refractivity contribution in [1.82, 2.24) is 25.1 Å². The number of carbonyl (C=O) groups excluding carboxylic acids is 3. The molecule has 0 radical (unpaired) electrons. The number of nitrogens with one attached hydrogen (secondary N) is 1. The van der Waals surface area contributed by atoms with E-state index in [1.54, 1.807) is 34.2 Å². The zero-order chi connectivity index (χ0) is 27.8. The van der Waals surface area contributed by atoms with E-state index in [1.807, 2.05) is 30.3 Å². The number of rotatable bonds is 9. The molecule has 2 aromatic carbocycles. The zero-order valence-electron chi connectivity index (χ0n) is 21.8. The smallest absolute Gasteiger partial charge is 0.334 e. The molecule has 2 fully saturated rings. The molecule has 0 saturated carbocycles. The van der Waals surface area contributed by atoms with Gasteiger partial charge in [-0.25, -0.2) is 9.80 Å². The molecule has 2 N–H and O–H groups in total. The first-order valence-electron chi connectivity index (χ1n) is 13.0. The number of urea groups is 1. The van der Waals surface area contributed by atoms with Crippen LogP contribution in [0, 0.1) is 24.7 Å². The van der Waals surface area contributed by atoms with Crippen LogP contribution in [0.25, 0.3) is 0 Å². The molecular formula is C30H33N5O4. The second-order valence-corrected chi connectivity index (χ2v) is 9.63. The van der Waals surface area contributed by atoms with Gasteiger partial charge in [-0.2, -0.15) is 5.01 Å². The summed E-state index contributed by atoms with van der Waals surface area (Å²) in [6.07, 6.45) is 12.6. The molecule has 0 aromatic heterocycles. The van der Waals surface area contributed by atoms with E-state index in [0.29, 0.717) is 25.9 Å². The first-order chi connectivity index (χ1) is 18.9. The lowest BCUT2D eigenvalue weighted by molar-refractivity contribution is -0.188. The van der Waals surface area contributed by atoms with Crippen molar-refractivity contribution < 1.29 is 19.5 Å². The molecule has 0 spiro atoms. The maximum Gasteiger partial charge on any atom is 0.334 e. The highest BCUT2D eigenvalue weighted by Crippen LogP contribution is 2.29. The van der Waals surface area contributed by atoms with Crippen molar-refractivity contribution in [2.24, 2.45) is 0 Å². The van der Waals surface area contributed by atoms with Gasteiger partial charge < -0.3 is 20.2 Å².